The predicted molar refractivity (Wildman–Crippen MR) is 62.2 cm³/mol. The Hall–Kier alpha value is -0.890. The van der Waals surface area contributed by atoms with Crippen molar-refractivity contribution in [2.75, 3.05) is 0 Å². The smallest absolute Gasteiger partial charge is 0.123 e. The van der Waals surface area contributed by atoms with Crippen LogP contribution < -0.4 is 5.32 Å². The van der Waals surface area contributed by atoms with Gasteiger partial charge in [-0.15, -0.1) is 0 Å². The second kappa shape index (κ2) is 6.57. The van der Waals surface area contributed by atoms with Gasteiger partial charge in [-0.25, -0.2) is 4.39 Å². The minimum Gasteiger partial charge on any atom is -0.310 e. The molecule has 1 atom stereocenters. The molecular formula is C13H20FN. The van der Waals surface area contributed by atoms with Gasteiger partial charge in [0.2, 0.25) is 0 Å². The third-order valence-corrected chi connectivity index (χ3v) is 2.64. The molecule has 1 N–H and O–H groups in total. The molecule has 0 aliphatic heterocycles. The Bertz CT molecular complexity index is 268. The molecule has 0 bridgehead atoms. The summed E-state index contributed by atoms with van der Waals surface area (Å²) in [6, 6.07) is 7.28. The summed E-state index contributed by atoms with van der Waals surface area (Å²) in [5, 5.41) is 3.48. The number of benzene rings is 1. The van der Waals surface area contributed by atoms with Crippen LogP contribution in [0, 0.1) is 5.82 Å². The van der Waals surface area contributed by atoms with E-state index in [2.05, 4.69) is 19.2 Å². The highest BCUT2D eigenvalue weighted by molar-refractivity contribution is 5.15. The van der Waals surface area contributed by atoms with Crippen LogP contribution in [0.1, 0.15) is 38.7 Å². The molecule has 1 rings (SSSR count). The van der Waals surface area contributed by atoms with Gasteiger partial charge >= 0.3 is 0 Å². The van der Waals surface area contributed by atoms with E-state index in [4.69, 9.17) is 0 Å². The van der Waals surface area contributed by atoms with Crippen LogP contribution in [0.5, 0.6) is 0 Å². The first kappa shape index (κ1) is 12.2. The molecule has 84 valence electrons. The van der Waals surface area contributed by atoms with E-state index in [1.807, 2.05) is 12.1 Å². The van der Waals surface area contributed by atoms with Crippen LogP contribution in [-0.4, -0.2) is 6.04 Å². The van der Waals surface area contributed by atoms with E-state index >= 15 is 0 Å². The van der Waals surface area contributed by atoms with Gasteiger partial charge in [0.1, 0.15) is 5.82 Å². The zero-order valence-electron chi connectivity index (χ0n) is 9.59. The van der Waals surface area contributed by atoms with Crippen LogP contribution in [0.2, 0.25) is 0 Å². The lowest BCUT2D eigenvalue weighted by atomic mass is 10.1. The van der Waals surface area contributed by atoms with Crippen molar-refractivity contribution in [2.24, 2.45) is 0 Å². The minimum absolute atomic E-state index is 0.167. The molecule has 0 saturated heterocycles. The van der Waals surface area contributed by atoms with Gasteiger partial charge in [-0.2, -0.15) is 0 Å². The van der Waals surface area contributed by atoms with Crippen LogP contribution >= 0.6 is 0 Å². The average Bonchev–Trinajstić information content (AvgIpc) is 2.26. The topological polar surface area (TPSA) is 12.0 Å². The van der Waals surface area contributed by atoms with E-state index in [1.54, 1.807) is 0 Å². The monoisotopic (exact) mass is 209 g/mol. The molecule has 0 saturated carbocycles. The van der Waals surface area contributed by atoms with Crippen molar-refractivity contribution in [3.8, 4) is 0 Å². The molecule has 0 aliphatic rings. The molecule has 0 heterocycles. The quantitative estimate of drug-likeness (QED) is 0.756. The van der Waals surface area contributed by atoms with Crippen LogP contribution in [0.3, 0.4) is 0 Å². The van der Waals surface area contributed by atoms with E-state index in [-0.39, 0.29) is 5.82 Å². The molecule has 1 unspecified atom stereocenters. The van der Waals surface area contributed by atoms with Crippen molar-refractivity contribution in [2.45, 2.75) is 45.7 Å². The molecule has 15 heavy (non-hydrogen) atoms. The van der Waals surface area contributed by atoms with E-state index in [0.29, 0.717) is 6.04 Å². The number of nitrogens with one attached hydrogen (secondary N) is 1. The van der Waals surface area contributed by atoms with Gasteiger partial charge in [-0.3, -0.25) is 0 Å². The van der Waals surface area contributed by atoms with E-state index in [1.165, 1.54) is 25.0 Å². The molecule has 2 heteroatoms. The summed E-state index contributed by atoms with van der Waals surface area (Å²) in [7, 11) is 0. The normalized spacial score (nSPS) is 12.7. The van der Waals surface area contributed by atoms with Crippen molar-refractivity contribution in [1.29, 1.82) is 0 Å². The van der Waals surface area contributed by atoms with Crippen LogP contribution in [0.15, 0.2) is 24.3 Å². The average molecular weight is 209 g/mol. The maximum absolute atomic E-state index is 12.7. The van der Waals surface area contributed by atoms with Crippen molar-refractivity contribution in [3.63, 3.8) is 0 Å². The number of rotatable bonds is 6. The number of hydrogen-bond donors (Lipinski definition) is 1. The molecule has 0 aliphatic carbocycles. The second-order valence-corrected chi connectivity index (χ2v) is 3.90. The lowest BCUT2D eigenvalue weighted by molar-refractivity contribution is 0.462. The molecule has 0 spiro atoms. The van der Waals surface area contributed by atoms with Crippen LogP contribution in [0.4, 0.5) is 4.39 Å². The summed E-state index contributed by atoms with van der Waals surface area (Å²) in [6.07, 6.45) is 3.56. The van der Waals surface area contributed by atoms with E-state index < -0.39 is 0 Å². The lowest BCUT2D eigenvalue weighted by Gasteiger charge is -2.15. The van der Waals surface area contributed by atoms with Crippen molar-refractivity contribution >= 4 is 0 Å². The third-order valence-electron chi connectivity index (χ3n) is 2.64. The van der Waals surface area contributed by atoms with Gasteiger partial charge in [-0.05, 0) is 30.5 Å². The Morgan fingerprint density at radius 3 is 2.40 bits per heavy atom. The fourth-order valence-corrected chi connectivity index (χ4v) is 1.66. The Morgan fingerprint density at radius 2 is 1.87 bits per heavy atom. The Kier molecular flexibility index (Phi) is 5.33. The summed E-state index contributed by atoms with van der Waals surface area (Å²) in [4.78, 5) is 0. The summed E-state index contributed by atoms with van der Waals surface area (Å²) in [5.41, 5.74) is 1.14. The highest BCUT2D eigenvalue weighted by Gasteiger charge is 2.03. The maximum atomic E-state index is 12.7. The Balaban J connectivity index is 2.38. The van der Waals surface area contributed by atoms with Crippen molar-refractivity contribution in [1.82, 2.24) is 5.32 Å². The van der Waals surface area contributed by atoms with Gasteiger partial charge in [-0.1, -0.05) is 32.4 Å². The SMILES string of the molecule is CCCC(CC)NCc1ccc(F)cc1. The van der Waals surface area contributed by atoms with Gasteiger partial charge in [0.15, 0.2) is 0 Å². The molecular weight excluding hydrogens is 189 g/mol. The van der Waals surface area contributed by atoms with Crippen molar-refractivity contribution < 1.29 is 4.39 Å². The highest BCUT2D eigenvalue weighted by atomic mass is 19.1. The van der Waals surface area contributed by atoms with Crippen molar-refractivity contribution in [3.05, 3.63) is 35.6 Å². The molecule has 1 aromatic rings. The van der Waals surface area contributed by atoms with Gasteiger partial charge in [0.05, 0.1) is 0 Å². The maximum Gasteiger partial charge on any atom is 0.123 e. The number of halogens is 1. The molecule has 0 fully saturated rings. The molecule has 1 nitrogen and oxygen atoms in total. The Labute approximate surface area is 91.7 Å². The van der Waals surface area contributed by atoms with Gasteiger partial charge < -0.3 is 5.32 Å². The lowest BCUT2D eigenvalue weighted by Crippen LogP contribution is -2.27. The summed E-state index contributed by atoms with van der Waals surface area (Å²) in [5.74, 6) is -0.167. The highest BCUT2D eigenvalue weighted by Crippen LogP contribution is 2.05. The zero-order valence-corrected chi connectivity index (χ0v) is 9.59. The molecule has 0 amide bonds. The standard InChI is InChI=1S/C13H20FN/c1-3-5-13(4-2)15-10-11-6-8-12(14)9-7-11/h6-9,13,15H,3-5,10H2,1-2H3. The summed E-state index contributed by atoms with van der Waals surface area (Å²) < 4.78 is 12.7. The summed E-state index contributed by atoms with van der Waals surface area (Å²) in [6.45, 7) is 5.22. The molecule has 1 aromatic carbocycles. The second-order valence-electron chi connectivity index (χ2n) is 3.90. The predicted octanol–water partition coefficient (Wildman–Crippen LogP) is 3.49. The largest absolute Gasteiger partial charge is 0.310 e. The fourth-order valence-electron chi connectivity index (χ4n) is 1.66. The number of hydrogen-bond acceptors (Lipinski definition) is 1. The summed E-state index contributed by atoms with van der Waals surface area (Å²) >= 11 is 0. The first-order valence-corrected chi connectivity index (χ1v) is 5.74. The fraction of sp³-hybridized carbons (Fsp3) is 0.538. The van der Waals surface area contributed by atoms with Gasteiger partial charge in [0.25, 0.3) is 0 Å². The molecule has 0 radical (unpaired) electrons. The van der Waals surface area contributed by atoms with Crippen LogP contribution in [0.25, 0.3) is 0 Å². The van der Waals surface area contributed by atoms with Crippen LogP contribution in [-0.2, 0) is 6.54 Å². The Morgan fingerprint density at radius 1 is 1.20 bits per heavy atom. The zero-order chi connectivity index (χ0) is 11.1. The minimum atomic E-state index is -0.167. The first-order valence-electron chi connectivity index (χ1n) is 5.74. The first-order chi connectivity index (χ1) is 7.26. The third kappa shape index (κ3) is 4.43. The van der Waals surface area contributed by atoms with Gasteiger partial charge in [0, 0.05) is 12.6 Å². The molecule has 0 aromatic heterocycles. The van der Waals surface area contributed by atoms with E-state index in [9.17, 15) is 4.39 Å². The van der Waals surface area contributed by atoms with E-state index in [0.717, 1.165) is 18.5 Å².